The lowest BCUT2D eigenvalue weighted by Crippen LogP contribution is -2.70. The quantitative estimate of drug-likeness (QED) is 0.0649. The largest absolute Gasteiger partial charge is 0.459 e. The SMILES string of the molecule is C=CCO[C@@]12Oc3ccc(Oc4ccc(C)c(C)c4)cc3[C@H]3[C@H](CCCCO)[C@@H](CCCCO)C=C(C(=NOC4CCCCO4)C[C@@H]1N(CCC)C(=O)OCc1ccccc1)[C@H]32. The summed E-state index contributed by atoms with van der Waals surface area (Å²) in [6.45, 7) is 11.8. The minimum Gasteiger partial charge on any atom is -0.459 e. The molecule has 4 aliphatic rings. The van der Waals surface area contributed by atoms with Gasteiger partial charge in [-0.15, -0.1) is 6.58 Å². The first-order valence-corrected chi connectivity index (χ1v) is 22.9. The van der Waals surface area contributed by atoms with Crippen LogP contribution in [0.3, 0.4) is 0 Å². The van der Waals surface area contributed by atoms with Gasteiger partial charge < -0.3 is 38.7 Å². The van der Waals surface area contributed by atoms with Crippen LogP contribution >= 0.6 is 0 Å². The van der Waals surface area contributed by atoms with Crippen LogP contribution in [0.5, 0.6) is 17.2 Å². The maximum atomic E-state index is 14.6. The summed E-state index contributed by atoms with van der Waals surface area (Å²) in [5.41, 5.74) is 5.91. The van der Waals surface area contributed by atoms with Gasteiger partial charge in [0.2, 0.25) is 12.1 Å². The number of benzene rings is 3. The van der Waals surface area contributed by atoms with Crippen LogP contribution in [0.1, 0.15) is 106 Å². The van der Waals surface area contributed by atoms with Crippen LogP contribution in [-0.2, 0) is 25.7 Å². The maximum absolute atomic E-state index is 14.6. The smallest absolute Gasteiger partial charge is 0.410 e. The minimum absolute atomic E-state index is 0.0764. The Morgan fingerprint density at radius 1 is 0.968 bits per heavy atom. The number of amides is 1. The number of hydrogen-bond donors (Lipinski definition) is 2. The van der Waals surface area contributed by atoms with Crippen molar-refractivity contribution >= 4 is 11.8 Å². The molecule has 2 aliphatic carbocycles. The summed E-state index contributed by atoms with van der Waals surface area (Å²) in [5.74, 6) is 0.247. The predicted octanol–water partition coefficient (Wildman–Crippen LogP) is 10.3. The Kier molecular flexibility index (Phi) is 15.8. The van der Waals surface area contributed by atoms with Gasteiger partial charge in [-0.25, -0.2) is 4.79 Å². The number of hydrogen-bond acceptors (Lipinski definition) is 10. The van der Waals surface area contributed by atoms with E-state index < -0.39 is 30.1 Å². The zero-order valence-electron chi connectivity index (χ0n) is 36.8. The zero-order valence-corrected chi connectivity index (χ0v) is 36.8. The molecule has 7 rings (SSSR count). The topological polar surface area (TPSA) is 129 Å². The molecule has 0 radical (unpaired) electrons. The molecule has 11 nitrogen and oxygen atoms in total. The van der Waals surface area contributed by atoms with Crippen LogP contribution in [0, 0.1) is 31.6 Å². The van der Waals surface area contributed by atoms with E-state index in [2.05, 4.69) is 44.7 Å². The molecule has 11 heteroatoms. The third-order valence-corrected chi connectivity index (χ3v) is 13.1. The van der Waals surface area contributed by atoms with Crippen LogP contribution in [0.25, 0.3) is 0 Å². The van der Waals surface area contributed by atoms with E-state index in [9.17, 15) is 15.0 Å². The molecule has 1 saturated heterocycles. The third kappa shape index (κ3) is 10.2. The summed E-state index contributed by atoms with van der Waals surface area (Å²) in [4.78, 5) is 22.7. The monoisotopic (exact) mass is 850 g/mol. The van der Waals surface area contributed by atoms with Gasteiger partial charge in [0.15, 0.2) is 0 Å². The van der Waals surface area contributed by atoms with Crippen LogP contribution < -0.4 is 9.47 Å². The number of nitrogens with zero attached hydrogens (tertiary/aromatic N) is 2. The fourth-order valence-corrected chi connectivity index (χ4v) is 9.96. The standard InChI is InChI=1S/C51H66N2O9/c1-5-25-53(50(56)58-34-37-16-8-7-9-17-37)46-33-44(52-62-47-20-12-15-29-57-47)42-31-38(18-10-13-26-54)41(19-11-14-27-55)48-43-32-40(60-39-22-21-35(3)36(4)30-39)23-24-45(43)61-51(46,49(42)48)59-28-6-2/h6-9,16-17,21-24,30-32,38,41,46-49,54-55H,2,5,10-15,18-20,25-29,33-34H2,1,3-4H3/t38-,41+,46-,47?,48+,49+,51+/m0/s1. The Hall–Kier alpha value is -4.68. The third-order valence-electron chi connectivity index (χ3n) is 13.1. The highest BCUT2D eigenvalue weighted by Gasteiger charge is 2.65. The van der Waals surface area contributed by atoms with Crippen molar-refractivity contribution in [2.75, 3.05) is 33.0 Å². The van der Waals surface area contributed by atoms with Gasteiger partial charge in [0.1, 0.15) is 29.9 Å². The zero-order chi connectivity index (χ0) is 43.5. The van der Waals surface area contributed by atoms with Crippen molar-refractivity contribution in [1.82, 2.24) is 4.90 Å². The van der Waals surface area contributed by atoms with E-state index >= 15 is 0 Å². The van der Waals surface area contributed by atoms with Crippen LogP contribution in [0.15, 0.2) is 96.2 Å². The molecule has 2 N–H and O–H groups in total. The van der Waals surface area contributed by atoms with Crippen molar-refractivity contribution in [3.8, 4) is 17.2 Å². The molecule has 334 valence electrons. The van der Waals surface area contributed by atoms with Crippen LogP contribution in [0.2, 0.25) is 0 Å². The number of aliphatic hydroxyl groups is 2. The lowest BCUT2D eigenvalue weighted by molar-refractivity contribution is -0.255. The Morgan fingerprint density at radius 2 is 1.74 bits per heavy atom. The lowest BCUT2D eigenvalue weighted by Gasteiger charge is -2.60. The number of fused-ring (bicyclic) bond motifs is 2. The van der Waals surface area contributed by atoms with E-state index in [1.807, 2.05) is 55.5 Å². The summed E-state index contributed by atoms with van der Waals surface area (Å²) >= 11 is 0. The summed E-state index contributed by atoms with van der Waals surface area (Å²) in [6, 6.07) is 21.2. The highest BCUT2D eigenvalue weighted by atomic mass is 16.8. The molecular formula is C51H66N2O9. The number of carbonyl (C=O) groups is 1. The van der Waals surface area contributed by atoms with Crippen molar-refractivity contribution < 1.29 is 43.5 Å². The van der Waals surface area contributed by atoms with Gasteiger partial charge >= 0.3 is 6.09 Å². The molecule has 0 spiro atoms. The highest BCUT2D eigenvalue weighted by Crippen LogP contribution is 2.62. The average Bonchev–Trinajstić information content (AvgIpc) is 3.29. The molecule has 2 heterocycles. The number of ether oxygens (including phenoxy) is 5. The first-order chi connectivity index (χ1) is 30.3. The first kappa shape index (κ1) is 45.3. The van der Waals surface area contributed by atoms with E-state index in [0.717, 1.165) is 78.7 Å². The predicted molar refractivity (Wildman–Crippen MR) is 239 cm³/mol. The van der Waals surface area contributed by atoms with Crippen molar-refractivity contribution in [3.05, 3.63) is 113 Å². The number of unbranched alkanes of at least 4 members (excludes halogenated alkanes) is 2. The Balaban J connectivity index is 1.41. The Morgan fingerprint density at radius 3 is 2.47 bits per heavy atom. The molecule has 7 atom stereocenters. The fraction of sp³-hybridized carbons (Fsp3) is 0.529. The summed E-state index contributed by atoms with van der Waals surface area (Å²) in [7, 11) is 0. The van der Waals surface area contributed by atoms with Crippen LogP contribution in [-0.4, -0.2) is 78.0 Å². The second-order valence-corrected chi connectivity index (χ2v) is 17.3. The maximum Gasteiger partial charge on any atom is 0.410 e. The van der Waals surface area contributed by atoms with E-state index in [4.69, 9.17) is 33.7 Å². The van der Waals surface area contributed by atoms with E-state index in [1.54, 1.807) is 11.0 Å². The molecule has 1 amide bonds. The van der Waals surface area contributed by atoms with E-state index in [1.165, 1.54) is 5.56 Å². The molecule has 0 bridgehead atoms. The second kappa shape index (κ2) is 21.6. The molecule has 2 fully saturated rings. The van der Waals surface area contributed by atoms with Crippen LogP contribution in [0.4, 0.5) is 4.79 Å². The number of oxime groups is 1. The Bertz CT molecular complexity index is 2010. The van der Waals surface area contributed by atoms with Crippen molar-refractivity contribution in [3.63, 3.8) is 0 Å². The van der Waals surface area contributed by atoms with Gasteiger partial charge in [-0.05, 0) is 123 Å². The Labute approximate surface area is 367 Å². The van der Waals surface area contributed by atoms with Crippen molar-refractivity contribution in [1.29, 1.82) is 0 Å². The molecule has 1 saturated carbocycles. The summed E-state index contributed by atoms with van der Waals surface area (Å²) in [5, 5.41) is 24.9. The molecule has 62 heavy (non-hydrogen) atoms. The molecule has 2 aliphatic heterocycles. The average molecular weight is 851 g/mol. The molecule has 3 aromatic rings. The lowest BCUT2D eigenvalue weighted by atomic mass is 9.55. The van der Waals surface area contributed by atoms with Gasteiger partial charge in [-0.1, -0.05) is 73.5 Å². The van der Waals surface area contributed by atoms with Crippen molar-refractivity contribution in [2.45, 2.75) is 122 Å². The number of rotatable bonds is 20. The molecule has 1 unspecified atom stereocenters. The highest BCUT2D eigenvalue weighted by molar-refractivity contribution is 6.03. The van der Waals surface area contributed by atoms with E-state index in [0.29, 0.717) is 43.9 Å². The minimum atomic E-state index is -1.39. The number of carbonyl (C=O) groups excluding carboxylic acids is 1. The normalized spacial score (nSPS) is 25.8. The summed E-state index contributed by atoms with van der Waals surface area (Å²) < 4.78 is 33.2. The summed E-state index contributed by atoms with van der Waals surface area (Å²) in [6.07, 6.45) is 11.5. The van der Waals surface area contributed by atoms with Gasteiger partial charge in [-0.2, -0.15) is 0 Å². The molecular weight excluding hydrogens is 785 g/mol. The number of aliphatic hydroxyl groups excluding tert-OH is 2. The fourth-order valence-electron chi connectivity index (χ4n) is 9.96. The molecule has 3 aromatic carbocycles. The number of allylic oxidation sites excluding steroid dienone is 1. The van der Waals surface area contributed by atoms with Gasteiger partial charge in [0.25, 0.3) is 0 Å². The first-order valence-electron chi connectivity index (χ1n) is 22.9. The van der Waals surface area contributed by atoms with Gasteiger partial charge in [0, 0.05) is 44.1 Å². The van der Waals surface area contributed by atoms with E-state index in [-0.39, 0.29) is 50.6 Å². The second-order valence-electron chi connectivity index (χ2n) is 17.3. The van der Waals surface area contributed by atoms with Crippen molar-refractivity contribution in [2.24, 2.45) is 22.9 Å². The van der Waals surface area contributed by atoms with Gasteiger partial charge in [-0.3, -0.25) is 4.90 Å². The number of aryl methyl sites for hydroxylation is 2. The van der Waals surface area contributed by atoms with Gasteiger partial charge in [0.05, 0.1) is 24.8 Å². The molecule has 0 aromatic heterocycles.